The van der Waals surface area contributed by atoms with Crippen LogP contribution in [0.2, 0.25) is 0 Å². The van der Waals surface area contributed by atoms with Gasteiger partial charge in [-0.3, -0.25) is 9.59 Å². The second-order valence-corrected chi connectivity index (χ2v) is 10.9. The standard InChI is InChI=1S/C28H20N2O4S2/c1-19(31)27-29-30(21-13-4-2-5-14-21)28(35-27)26(36(33,34)22-15-6-3-7-16-22)25(32)24-18-10-12-20-11-8-9-17-23(20)24/h2-18H,1H3/b28-26+. The van der Waals surface area contributed by atoms with E-state index < -0.39 is 20.5 Å². The van der Waals surface area contributed by atoms with Gasteiger partial charge in [0, 0.05) is 12.5 Å². The minimum Gasteiger partial charge on any atom is -0.292 e. The molecule has 0 N–H and O–H groups in total. The first-order valence-corrected chi connectivity index (χ1v) is 13.4. The van der Waals surface area contributed by atoms with Gasteiger partial charge >= 0.3 is 0 Å². The third-order valence-corrected chi connectivity index (χ3v) is 8.71. The van der Waals surface area contributed by atoms with Gasteiger partial charge in [0.1, 0.15) is 5.03 Å². The van der Waals surface area contributed by atoms with Crippen LogP contribution >= 0.6 is 11.8 Å². The smallest absolute Gasteiger partial charge is 0.213 e. The van der Waals surface area contributed by atoms with E-state index in [1.807, 2.05) is 24.3 Å². The zero-order valence-corrected chi connectivity index (χ0v) is 20.8. The lowest BCUT2D eigenvalue weighted by molar-refractivity contribution is -0.110. The number of fused-ring (bicyclic) bond motifs is 1. The largest absolute Gasteiger partial charge is 0.292 e. The molecule has 1 heterocycles. The molecule has 0 radical (unpaired) electrons. The zero-order valence-electron chi connectivity index (χ0n) is 19.2. The lowest BCUT2D eigenvalue weighted by Gasteiger charge is -2.19. The number of sulfone groups is 1. The van der Waals surface area contributed by atoms with Gasteiger partial charge in [-0.25, -0.2) is 13.4 Å². The average molecular weight is 513 g/mol. The van der Waals surface area contributed by atoms with Crippen molar-refractivity contribution >= 4 is 54.7 Å². The summed E-state index contributed by atoms with van der Waals surface area (Å²) in [6.07, 6.45) is 0. The molecule has 6 nitrogen and oxygen atoms in total. The number of hydrogen-bond donors (Lipinski definition) is 0. The van der Waals surface area contributed by atoms with Gasteiger partial charge in [-0.1, -0.05) is 78.9 Å². The van der Waals surface area contributed by atoms with E-state index in [1.165, 1.54) is 24.1 Å². The van der Waals surface area contributed by atoms with Gasteiger partial charge in [0.25, 0.3) is 0 Å². The van der Waals surface area contributed by atoms with Gasteiger partial charge in [-0.2, -0.15) is 5.10 Å². The maximum atomic E-state index is 14.2. The summed E-state index contributed by atoms with van der Waals surface area (Å²) in [4.78, 5) is 26.0. The van der Waals surface area contributed by atoms with Crippen LogP contribution in [0.3, 0.4) is 0 Å². The van der Waals surface area contributed by atoms with Gasteiger partial charge in [-0.15, -0.1) is 0 Å². The number of thioether (sulfide) groups is 1. The Balaban J connectivity index is 1.81. The highest BCUT2D eigenvalue weighted by Crippen LogP contribution is 2.41. The second-order valence-electron chi connectivity index (χ2n) is 8.02. The van der Waals surface area contributed by atoms with E-state index in [1.54, 1.807) is 66.7 Å². The van der Waals surface area contributed by atoms with Crippen LogP contribution in [-0.4, -0.2) is 25.0 Å². The molecule has 36 heavy (non-hydrogen) atoms. The van der Waals surface area contributed by atoms with Crippen LogP contribution in [-0.2, 0) is 14.6 Å². The van der Waals surface area contributed by atoms with Crippen molar-refractivity contribution in [2.24, 2.45) is 5.10 Å². The topological polar surface area (TPSA) is 83.9 Å². The third kappa shape index (κ3) is 4.25. The van der Waals surface area contributed by atoms with Gasteiger partial charge < -0.3 is 0 Å². The first-order chi connectivity index (χ1) is 17.4. The van der Waals surface area contributed by atoms with Crippen LogP contribution in [0, 0.1) is 0 Å². The maximum Gasteiger partial charge on any atom is 0.213 e. The molecular formula is C28H20N2O4S2. The highest BCUT2D eigenvalue weighted by Gasteiger charge is 2.39. The van der Waals surface area contributed by atoms with Gasteiger partial charge in [0.15, 0.2) is 15.7 Å². The number of hydrogen-bond acceptors (Lipinski definition) is 7. The molecule has 8 heteroatoms. The molecule has 0 fully saturated rings. The lowest BCUT2D eigenvalue weighted by atomic mass is 10.0. The zero-order chi connectivity index (χ0) is 25.3. The number of allylic oxidation sites excluding steroid dienone is 1. The number of nitrogens with zero attached hydrogens (tertiary/aromatic N) is 2. The minimum absolute atomic E-state index is 0.0222. The quantitative estimate of drug-likeness (QED) is 0.239. The highest BCUT2D eigenvalue weighted by atomic mass is 32.2. The number of benzene rings is 4. The molecule has 0 amide bonds. The Kier molecular flexibility index (Phi) is 6.30. The fraction of sp³-hybridized carbons (Fsp3) is 0.0357. The maximum absolute atomic E-state index is 14.2. The summed E-state index contributed by atoms with van der Waals surface area (Å²) in [6.45, 7) is 1.36. The summed E-state index contributed by atoms with van der Waals surface area (Å²) in [5.74, 6) is -0.996. The normalized spacial score (nSPS) is 15.0. The van der Waals surface area contributed by atoms with Gasteiger partial charge in [-0.05, 0) is 46.8 Å². The van der Waals surface area contributed by atoms with Crippen molar-refractivity contribution in [3.63, 3.8) is 0 Å². The van der Waals surface area contributed by atoms with Crippen LogP contribution in [0.1, 0.15) is 17.3 Å². The number of carbonyl (C=O) groups is 2. The Morgan fingerprint density at radius 1 is 0.778 bits per heavy atom. The summed E-state index contributed by atoms with van der Waals surface area (Å²) < 4.78 is 28.1. The molecule has 1 aliphatic heterocycles. The third-order valence-electron chi connectivity index (χ3n) is 5.64. The molecule has 0 bridgehead atoms. The Morgan fingerprint density at radius 3 is 2.08 bits per heavy atom. The van der Waals surface area contributed by atoms with Crippen molar-refractivity contribution in [3.05, 3.63) is 119 Å². The van der Waals surface area contributed by atoms with E-state index in [2.05, 4.69) is 5.10 Å². The summed E-state index contributed by atoms with van der Waals surface area (Å²) in [5.41, 5.74) is 0.780. The first kappa shape index (κ1) is 23.7. The van der Waals surface area contributed by atoms with Crippen molar-refractivity contribution in [1.82, 2.24) is 0 Å². The molecule has 4 aromatic rings. The van der Waals surface area contributed by atoms with Crippen molar-refractivity contribution in [2.75, 3.05) is 5.01 Å². The number of Topliss-reactive ketones (excluding diaryl/α,β-unsaturated/α-hetero) is 2. The van der Waals surface area contributed by atoms with Crippen LogP contribution in [0.25, 0.3) is 10.8 Å². The molecule has 0 aromatic heterocycles. The molecule has 0 unspecified atom stereocenters. The molecule has 0 atom stereocenters. The minimum atomic E-state index is -4.31. The predicted octanol–water partition coefficient (Wildman–Crippen LogP) is 5.82. The fourth-order valence-electron chi connectivity index (χ4n) is 3.92. The number of anilines is 1. The molecule has 5 rings (SSSR count). The Labute approximate surface area is 212 Å². The molecule has 178 valence electrons. The number of hydrazone groups is 1. The number of carbonyl (C=O) groups excluding carboxylic acids is 2. The first-order valence-electron chi connectivity index (χ1n) is 11.1. The molecule has 0 saturated carbocycles. The van der Waals surface area contributed by atoms with Crippen molar-refractivity contribution < 1.29 is 18.0 Å². The van der Waals surface area contributed by atoms with Crippen LogP contribution in [0.4, 0.5) is 5.69 Å². The van der Waals surface area contributed by atoms with E-state index in [0.717, 1.165) is 17.1 Å². The summed E-state index contributed by atoms with van der Waals surface area (Å²) in [5, 5.41) is 7.36. The number of para-hydroxylation sites is 1. The summed E-state index contributed by atoms with van der Waals surface area (Å²) >= 11 is 0.886. The molecule has 4 aromatic carbocycles. The molecule has 1 aliphatic rings. The monoisotopic (exact) mass is 512 g/mol. The van der Waals surface area contributed by atoms with E-state index in [4.69, 9.17) is 0 Å². The fourth-order valence-corrected chi connectivity index (χ4v) is 6.66. The second kappa shape index (κ2) is 9.56. The van der Waals surface area contributed by atoms with Crippen LogP contribution in [0.5, 0.6) is 0 Å². The van der Waals surface area contributed by atoms with Crippen molar-refractivity contribution in [3.8, 4) is 0 Å². The highest BCUT2D eigenvalue weighted by molar-refractivity contribution is 8.19. The lowest BCUT2D eigenvalue weighted by Crippen LogP contribution is -2.22. The SMILES string of the molecule is CC(=O)C1=NN(c2ccccc2)/C(=C(/C(=O)c2cccc3ccccc23)S(=O)(=O)c2ccccc2)S1. The van der Waals surface area contributed by atoms with Crippen molar-refractivity contribution in [2.45, 2.75) is 11.8 Å². The number of ketones is 2. The molecule has 0 aliphatic carbocycles. The van der Waals surface area contributed by atoms with Gasteiger partial charge in [0.05, 0.1) is 10.6 Å². The average Bonchev–Trinajstić information content (AvgIpc) is 3.34. The van der Waals surface area contributed by atoms with E-state index in [9.17, 15) is 18.0 Å². The van der Waals surface area contributed by atoms with E-state index in [-0.39, 0.29) is 26.3 Å². The molecule has 0 spiro atoms. The van der Waals surface area contributed by atoms with Crippen LogP contribution < -0.4 is 5.01 Å². The molecular weight excluding hydrogens is 492 g/mol. The summed E-state index contributed by atoms with van der Waals surface area (Å²) in [6, 6.07) is 29.2. The van der Waals surface area contributed by atoms with Crippen LogP contribution in [0.15, 0.2) is 123 Å². The van der Waals surface area contributed by atoms with E-state index in [0.29, 0.717) is 11.1 Å². The van der Waals surface area contributed by atoms with Gasteiger partial charge in [0.2, 0.25) is 15.6 Å². The Morgan fingerprint density at radius 2 is 1.39 bits per heavy atom. The van der Waals surface area contributed by atoms with Crippen molar-refractivity contribution in [1.29, 1.82) is 0 Å². The predicted molar refractivity (Wildman–Crippen MR) is 144 cm³/mol. The Bertz CT molecular complexity index is 1660. The number of rotatable bonds is 6. The Hall–Kier alpha value is -4.01. The summed E-state index contributed by atoms with van der Waals surface area (Å²) in [7, 11) is -4.31. The molecule has 0 saturated heterocycles. The van der Waals surface area contributed by atoms with E-state index >= 15 is 0 Å².